The number of likely N-dealkylation sites (N-methyl/N-ethyl adjacent to an activating group) is 1. The summed E-state index contributed by atoms with van der Waals surface area (Å²) in [5.41, 5.74) is -0.627. The second kappa shape index (κ2) is 8.06. The van der Waals surface area contributed by atoms with Crippen LogP contribution in [0, 0.1) is 20.2 Å². The fraction of sp³-hybridized carbons (Fsp3) is 0.312. The maximum atomic E-state index is 12.8. The Bertz CT molecular complexity index is 1050. The number of aromatic nitrogens is 1. The van der Waals surface area contributed by atoms with E-state index in [4.69, 9.17) is 4.74 Å². The minimum absolute atomic E-state index is 0.248. The number of hydrogen-bond donors (Lipinski definition) is 0. The van der Waals surface area contributed by atoms with Gasteiger partial charge in [0.2, 0.25) is 21.5 Å². The Morgan fingerprint density at radius 1 is 1.03 bits per heavy atom. The maximum absolute atomic E-state index is 12.8. The van der Waals surface area contributed by atoms with Crippen LogP contribution in [0.5, 0.6) is 11.5 Å². The fourth-order valence-electron chi connectivity index (χ4n) is 2.78. The third kappa shape index (κ3) is 4.31. The highest BCUT2D eigenvalue weighted by atomic mass is 32.2. The number of sulfonamides is 1. The van der Waals surface area contributed by atoms with Crippen LogP contribution in [0.1, 0.15) is 0 Å². The Balaban J connectivity index is 1.96. The molecule has 2 aromatic rings. The number of hydrogen-bond acceptors (Lipinski definition) is 9. The van der Waals surface area contributed by atoms with Gasteiger partial charge < -0.3 is 19.8 Å². The number of rotatable bonds is 6. The van der Waals surface area contributed by atoms with Crippen molar-refractivity contribution in [2.75, 3.05) is 33.2 Å². The van der Waals surface area contributed by atoms with Crippen molar-refractivity contribution in [2.24, 2.45) is 0 Å². The zero-order valence-electron chi connectivity index (χ0n) is 15.3. The van der Waals surface area contributed by atoms with Crippen molar-refractivity contribution in [1.29, 1.82) is 0 Å². The van der Waals surface area contributed by atoms with Gasteiger partial charge in [0.15, 0.2) is 0 Å². The minimum Gasteiger partial charge on any atom is -0.441 e. The first-order valence-electron chi connectivity index (χ1n) is 8.44. The van der Waals surface area contributed by atoms with E-state index < -0.39 is 31.4 Å². The van der Waals surface area contributed by atoms with Crippen LogP contribution < -0.4 is 4.74 Å². The van der Waals surface area contributed by atoms with E-state index in [1.165, 1.54) is 28.7 Å². The first-order chi connectivity index (χ1) is 13.7. The molecule has 2 heterocycles. The van der Waals surface area contributed by atoms with E-state index in [9.17, 15) is 28.6 Å². The van der Waals surface area contributed by atoms with Crippen LogP contribution in [-0.4, -0.2) is 65.7 Å². The normalized spacial score (nSPS) is 15.8. The Morgan fingerprint density at radius 3 is 2.34 bits per heavy atom. The van der Waals surface area contributed by atoms with Crippen molar-refractivity contribution < 1.29 is 23.0 Å². The monoisotopic (exact) mass is 423 g/mol. The molecular formula is C16H17N5O7S. The molecule has 1 aliphatic rings. The first kappa shape index (κ1) is 20.6. The van der Waals surface area contributed by atoms with Gasteiger partial charge in [0.25, 0.3) is 0 Å². The number of pyridine rings is 1. The van der Waals surface area contributed by atoms with Gasteiger partial charge >= 0.3 is 11.5 Å². The van der Waals surface area contributed by atoms with E-state index in [1.54, 1.807) is 0 Å². The topological polar surface area (TPSA) is 149 Å². The summed E-state index contributed by atoms with van der Waals surface area (Å²) in [6, 6.07) is 5.80. The van der Waals surface area contributed by atoms with Gasteiger partial charge in [-0.3, -0.25) is 10.1 Å². The number of nitro groups is 2. The predicted molar refractivity (Wildman–Crippen MR) is 100 cm³/mol. The Hall–Kier alpha value is -3.16. The zero-order valence-corrected chi connectivity index (χ0v) is 16.1. The van der Waals surface area contributed by atoms with Crippen LogP contribution in [0.15, 0.2) is 41.4 Å². The summed E-state index contributed by atoms with van der Waals surface area (Å²) in [5, 5.41) is 22.5. The Kier molecular flexibility index (Phi) is 5.72. The van der Waals surface area contributed by atoms with Crippen LogP contribution in [0.3, 0.4) is 0 Å². The third-order valence-electron chi connectivity index (χ3n) is 4.37. The molecule has 0 bridgehead atoms. The van der Waals surface area contributed by atoms with Crippen molar-refractivity contribution >= 4 is 21.5 Å². The molecule has 0 saturated carbocycles. The molecule has 0 atom stereocenters. The average Bonchev–Trinajstić information content (AvgIpc) is 2.68. The summed E-state index contributed by atoms with van der Waals surface area (Å²) in [6.45, 7) is 1.64. The third-order valence-corrected chi connectivity index (χ3v) is 6.27. The highest BCUT2D eigenvalue weighted by molar-refractivity contribution is 7.89. The molecule has 1 aliphatic heterocycles. The molecule has 12 nitrogen and oxygen atoms in total. The van der Waals surface area contributed by atoms with Gasteiger partial charge in [-0.15, -0.1) is 0 Å². The zero-order chi connectivity index (χ0) is 21.2. The van der Waals surface area contributed by atoms with Crippen molar-refractivity contribution in [2.45, 2.75) is 4.90 Å². The van der Waals surface area contributed by atoms with Crippen molar-refractivity contribution in [3.63, 3.8) is 0 Å². The second-order valence-corrected chi connectivity index (χ2v) is 8.22. The molecule has 154 valence electrons. The van der Waals surface area contributed by atoms with E-state index in [1.807, 2.05) is 11.9 Å². The van der Waals surface area contributed by atoms with E-state index in [0.717, 1.165) is 12.1 Å². The molecule has 0 amide bonds. The molecule has 1 aromatic carbocycles. The minimum atomic E-state index is -3.93. The molecule has 1 saturated heterocycles. The summed E-state index contributed by atoms with van der Waals surface area (Å²) in [4.78, 5) is 26.3. The van der Waals surface area contributed by atoms with E-state index >= 15 is 0 Å². The van der Waals surface area contributed by atoms with Gasteiger partial charge in [0, 0.05) is 32.2 Å². The summed E-state index contributed by atoms with van der Waals surface area (Å²) in [6.07, 6.45) is 1.19. The highest BCUT2D eigenvalue weighted by Gasteiger charge is 2.30. The quantitative estimate of drug-likeness (QED) is 0.499. The number of nitro benzene ring substituents is 1. The number of benzene rings is 1. The van der Waals surface area contributed by atoms with Gasteiger partial charge in [-0.25, -0.2) is 8.42 Å². The lowest BCUT2D eigenvalue weighted by molar-refractivity contribution is -0.391. The Morgan fingerprint density at radius 2 is 1.72 bits per heavy atom. The van der Waals surface area contributed by atoms with Gasteiger partial charge in [-0.05, 0) is 41.2 Å². The van der Waals surface area contributed by atoms with Crippen LogP contribution >= 0.6 is 0 Å². The molecule has 0 spiro atoms. The summed E-state index contributed by atoms with van der Waals surface area (Å²) >= 11 is 0. The van der Waals surface area contributed by atoms with E-state index in [2.05, 4.69) is 4.98 Å². The predicted octanol–water partition coefficient (Wildman–Crippen LogP) is 1.63. The fourth-order valence-corrected chi connectivity index (χ4v) is 4.22. The molecule has 1 fully saturated rings. The molecule has 0 N–H and O–H groups in total. The van der Waals surface area contributed by atoms with Crippen molar-refractivity contribution in [1.82, 2.24) is 14.2 Å². The van der Waals surface area contributed by atoms with Gasteiger partial charge in [0.1, 0.15) is 6.20 Å². The van der Waals surface area contributed by atoms with Gasteiger partial charge in [0.05, 0.1) is 9.82 Å². The van der Waals surface area contributed by atoms with E-state index in [-0.39, 0.29) is 29.5 Å². The van der Waals surface area contributed by atoms with Crippen LogP contribution in [0.25, 0.3) is 0 Å². The van der Waals surface area contributed by atoms with Crippen molar-refractivity contribution in [3.05, 3.63) is 56.8 Å². The molecular weight excluding hydrogens is 406 g/mol. The van der Waals surface area contributed by atoms with Crippen LogP contribution in [0.4, 0.5) is 11.5 Å². The van der Waals surface area contributed by atoms with Crippen LogP contribution in [-0.2, 0) is 10.0 Å². The molecule has 13 heteroatoms. The molecule has 3 rings (SSSR count). The average molecular weight is 423 g/mol. The SMILES string of the molecule is CN1CCN(S(=O)(=O)c2ccc(Oc3cccnc3[N+](=O)[O-])c([N+](=O)[O-])c2)CC1. The molecule has 0 aliphatic carbocycles. The largest absolute Gasteiger partial charge is 0.441 e. The molecule has 29 heavy (non-hydrogen) atoms. The Labute approximate surface area is 165 Å². The van der Waals surface area contributed by atoms with Gasteiger partial charge in [-0.1, -0.05) is 0 Å². The van der Waals surface area contributed by atoms with Gasteiger partial charge in [-0.2, -0.15) is 4.31 Å². The molecule has 0 unspecified atom stereocenters. The maximum Gasteiger partial charge on any atom is 0.406 e. The smallest absolute Gasteiger partial charge is 0.406 e. The van der Waals surface area contributed by atoms with Crippen LogP contribution in [0.2, 0.25) is 0 Å². The highest BCUT2D eigenvalue weighted by Crippen LogP contribution is 2.36. The van der Waals surface area contributed by atoms with Crippen molar-refractivity contribution in [3.8, 4) is 11.5 Å². The lowest BCUT2D eigenvalue weighted by Gasteiger charge is -2.31. The summed E-state index contributed by atoms with van der Waals surface area (Å²) < 4.78 is 32.2. The lowest BCUT2D eigenvalue weighted by atomic mass is 10.3. The molecule has 0 radical (unpaired) electrons. The first-order valence-corrected chi connectivity index (χ1v) is 9.88. The number of nitrogens with zero attached hydrogens (tertiary/aromatic N) is 5. The molecule has 1 aromatic heterocycles. The number of piperazine rings is 1. The standard InChI is InChI=1S/C16H17N5O7S/c1-18-7-9-19(10-8-18)29(26,27)12-4-5-14(13(11-12)20(22)23)28-15-3-2-6-17-16(15)21(24)25/h2-6,11H,7-10H2,1H3. The number of ether oxygens (including phenoxy) is 1. The van der Waals surface area contributed by atoms with E-state index in [0.29, 0.717) is 13.1 Å². The summed E-state index contributed by atoms with van der Waals surface area (Å²) in [5.74, 6) is -1.24. The summed E-state index contributed by atoms with van der Waals surface area (Å²) in [7, 11) is -2.05. The lowest BCUT2D eigenvalue weighted by Crippen LogP contribution is -2.47. The second-order valence-electron chi connectivity index (χ2n) is 6.28.